The van der Waals surface area contributed by atoms with Gasteiger partial charge in [-0.15, -0.1) is 0 Å². The molecule has 0 bridgehead atoms. The average Bonchev–Trinajstić information content (AvgIpc) is 2.40. The quantitative estimate of drug-likeness (QED) is 0.677. The van der Waals surface area contributed by atoms with Crippen molar-refractivity contribution < 1.29 is 19.8 Å². The van der Waals surface area contributed by atoms with Gasteiger partial charge >= 0.3 is 11.9 Å². The van der Waals surface area contributed by atoms with E-state index >= 15 is 0 Å². The maximum Gasteiger partial charge on any atom is 0.310 e. The predicted molar refractivity (Wildman–Crippen MR) is 81.6 cm³/mol. The molecule has 0 amide bonds. The van der Waals surface area contributed by atoms with E-state index in [0.717, 1.165) is 36.0 Å². The van der Waals surface area contributed by atoms with Gasteiger partial charge in [-0.05, 0) is 37.8 Å². The zero-order valence-electron chi connectivity index (χ0n) is 12.8. The highest BCUT2D eigenvalue weighted by molar-refractivity contribution is 5.76. The van der Waals surface area contributed by atoms with Gasteiger partial charge < -0.3 is 10.2 Å². The molecule has 0 aliphatic carbocycles. The van der Waals surface area contributed by atoms with Crippen molar-refractivity contribution >= 4 is 11.9 Å². The molecule has 21 heavy (non-hydrogen) atoms. The van der Waals surface area contributed by atoms with Crippen molar-refractivity contribution in [2.75, 3.05) is 0 Å². The molecule has 0 radical (unpaired) electrons. The third kappa shape index (κ3) is 5.98. The summed E-state index contributed by atoms with van der Waals surface area (Å²) in [5.74, 6) is -2.02. The van der Waals surface area contributed by atoms with Crippen LogP contribution in [0.1, 0.15) is 61.1 Å². The number of aryl methyl sites for hydroxylation is 2. The van der Waals surface area contributed by atoms with Gasteiger partial charge in [-0.25, -0.2) is 0 Å². The van der Waals surface area contributed by atoms with Crippen LogP contribution in [0.25, 0.3) is 0 Å². The lowest BCUT2D eigenvalue weighted by atomic mass is 9.89. The zero-order valence-corrected chi connectivity index (χ0v) is 12.8. The first-order chi connectivity index (χ1) is 9.91. The molecule has 0 heterocycles. The van der Waals surface area contributed by atoms with Crippen LogP contribution in [-0.2, 0) is 9.59 Å². The standard InChI is InChI=1S/C17H24O4/c1-12-9-10-13(2)15(11-12)14(17(20)21)7-5-3-4-6-8-16(18)19/h9-11,14H,3-8H2,1-2H3,(H,18,19)(H,20,21). The summed E-state index contributed by atoms with van der Waals surface area (Å²) in [6.07, 6.45) is 3.99. The van der Waals surface area contributed by atoms with E-state index in [0.29, 0.717) is 12.8 Å². The molecule has 0 aliphatic rings. The molecule has 4 nitrogen and oxygen atoms in total. The number of unbranched alkanes of at least 4 members (excludes halogenated alkanes) is 3. The van der Waals surface area contributed by atoms with Crippen LogP contribution in [0.4, 0.5) is 0 Å². The molecular formula is C17H24O4. The number of hydrogen-bond acceptors (Lipinski definition) is 2. The monoisotopic (exact) mass is 292 g/mol. The topological polar surface area (TPSA) is 74.6 Å². The SMILES string of the molecule is Cc1ccc(C)c(C(CCCCCCC(=O)O)C(=O)O)c1. The second-order valence-corrected chi connectivity index (χ2v) is 5.60. The summed E-state index contributed by atoms with van der Waals surface area (Å²) in [4.78, 5) is 21.9. The Bertz CT molecular complexity index is 494. The van der Waals surface area contributed by atoms with Gasteiger partial charge in [0, 0.05) is 6.42 Å². The zero-order chi connectivity index (χ0) is 15.8. The fourth-order valence-electron chi connectivity index (χ4n) is 2.53. The van der Waals surface area contributed by atoms with Crippen molar-refractivity contribution in [3.8, 4) is 0 Å². The van der Waals surface area contributed by atoms with Crippen LogP contribution in [-0.4, -0.2) is 22.2 Å². The van der Waals surface area contributed by atoms with Crippen LogP contribution < -0.4 is 0 Å². The van der Waals surface area contributed by atoms with E-state index in [4.69, 9.17) is 5.11 Å². The summed E-state index contributed by atoms with van der Waals surface area (Å²) in [7, 11) is 0. The third-order valence-corrected chi connectivity index (χ3v) is 3.74. The largest absolute Gasteiger partial charge is 0.481 e. The Balaban J connectivity index is 2.53. The van der Waals surface area contributed by atoms with Gasteiger partial charge in [-0.3, -0.25) is 9.59 Å². The van der Waals surface area contributed by atoms with Crippen LogP contribution in [0, 0.1) is 13.8 Å². The van der Waals surface area contributed by atoms with Gasteiger partial charge in [0.25, 0.3) is 0 Å². The molecule has 0 saturated heterocycles. The van der Waals surface area contributed by atoms with E-state index in [-0.39, 0.29) is 6.42 Å². The molecule has 2 N–H and O–H groups in total. The molecule has 116 valence electrons. The Morgan fingerprint density at radius 3 is 2.33 bits per heavy atom. The van der Waals surface area contributed by atoms with E-state index in [1.54, 1.807) is 0 Å². The molecule has 0 spiro atoms. The second-order valence-electron chi connectivity index (χ2n) is 5.60. The number of carbonyl (C=O) groups is 2. The Hall–Kier alpha value is -1.84. The van der Waals surface area contributed by atoms with E-state index < -0.39 is 17.9 Å². The Kier molecular flexibility index (Phi) is 6.92. The van der Waals surface area contributed by atoms with Gasteiger partial charge in [0.05, 0.1) is 5.92 Å². The first kappa shape index (κ1) is 17.2. The number of aliphatic carboxylic acids is 2. The number of rotatable bonds is 9. The summed E-state index contributed by atoms with van der Waals surface area (Å²) >= 11 is 0. The minimum absolute atomic E-state index is 0.194. The lowest BCUT2D eigenvalue weighted by molar-refractivity contribution is -0.139. The molecule has 0 saturated carbocycles. The van der Waals surface area contributed by atoms with E-state index in [1.165, 1.54) is 0 Å². The summed E-state index contributed by atoms with van der Waals surface area (Å²) in [6.45, 7) is 3.91. The molecule has 4 heteroatoms. The van der Waals surface area contributed by atoms with Crippen molar-refractivity contribution in [1.82, 2.24) is 0 Å². The van der Waals surface area contributed by atoms with Gasteiger partial charge in [-0.2, -0.15) is 0 Å². The van der Waals surface area contributed by atoms with Crippen molar-refractivity contribution in [2.24, 2.45) is 0 Å². The Morgan fingerprint density at radius 1 is 1.05 bits per heavy atom. The first-order valence-corrected chi connectivity index (χ1v) is 7.43. The van der Waals surface area contributed by atoms with E-state index in [9.17, 15) is 14.7 Å². The minimum atomic E-state index is -0.783. The molecule has 1 rings (SSSR count). The Morgan fingerprint density at radius 2 is 1.71 bits per heavy atom. The fourth-order valence-corrected chi connectivity index (χ4v) is 2.53. The van der Waals surface area contributed by atoms with Crippen molar-refractivity contribution in [3.63, 3.8) is 0 Å². The molecule has 1 aromatic carbocycles. The highest BCUT2D eigenvalue weighted by atomic mass is 16.4. The van der Waals surface area contributed by atoms with E-state index in [1.807, 2.05) is 32.0 Å². The third-order valence-electron chi connectivity index (χ3n) is 3.74. The lowest BCUT2D eigenvalue weighted by Gasteiger charge is -2.16. The number of benzene rings is 1. The fraction of sp³-hybridized carbons (Fsp3) is 0.529. The first-order valence-electron chi connectivity index (χ1n) is 7.43. The van der Waals surface area contributed by atoms with Crippen LogP contribution in [0.5, 0.6) is 0 Å². The summed E-state index contributed by atoms with van der Waals surface area (Å²) in [6, 6.07) is 5.91. The Labute approximate surface area is 125 Å². The predicted octanol–water partition coefficient (Wildman–Crippen LogP) is 3.90. The van der Waals surface area contributed by atoms with Gasteiger partial charge in [0.15, 0.2) is 0 Å². The van der Waals surface area contributed by atoms with Crippen LogP contribution in [0.3, 0.4) is 0 Å². The van der Waals surface area contributed by atoms with Crippen LogP contribution in [0.2, 0.25) is 0 Å². The van der Waals surface area contributed by atoms with Crippen molar-refractivity contribution in [2.45, 2.75) is 58.3 Å². The number of carboxylic acid groups (broad SMARTS) is 2. The van der Waals surface area contributed by atoms with Crippen LogP contribution in [0.15, 0.2) is 18.2 Å². The van der Waals surface area contributed by atoms with Gasteiger partial charge in [0.1, 0.15) is 0 Å². The lowest BCUT2D eigenvalue weighted by Crippen LogP contribution is -2.13. The maximum absolute atomic E-state index is 11.5. The normalized spacial score (nSPS) is 12.1. The van der Waals surface area contributed by atoms with E-state index in [2.05, 4.69) is 0 Å². The second kappa shape index (κ2) is 8.45. The molecule has 1 atom stereocenters. The number of carboxylic acids is 2. The van der Waals surface area contributed by atoms with Crippen molar-refractivity contribution in [1.29, 1.82) is 0 Å². The highest BCUT2D eigenvalue weighted by Gasteiger charge is 2.21. The molecule has 0 aromatic heterocycles. The van der Waals surface area contributed by atoms with Gasteiger partial charge in [0.2, 0.25) is 0 Å². The maximum atomic E-state index is 11.5. The molecular weight excluding hydrogens is 268 g/mol. The molecule has 0 aliphatic heterocycles. The molecule has 0 fully saturated rings. The highest BCUT2D eigenvalue weighted by Crippen LogP contribution is 2.27. The number of hydrogen-bond donors (Lipinski definition) is 2. The average molecular weight is 292 g/mol. The van der Waals surface area contributed by atoms with Crippen molar-refractivity contribution in [3.05, 3.63) is 34.9 Å². The molecule has 1 unspecified atom stereocenters. The van der Waals surface area contributed by atoms with Crippen LogP contribution >= 0.6 is 0 Å². The summed E-state index contributed by atoms with van der Waals surface area (Å²) in [5.41, 5.74) is 2.98. The summed E-state index contributed by atoms with van der Waals surface area (Å²) < 4.78 is 0. The summed E-state index contributed by atoms with van der Waals surface area (Å²) in [5, 5.41) is 18.0. The smallest absolute Gasteiger partial charge is 0.310 e. The van der Waals surface area contributed by atoms with Gasteiger partial charge in [-0.1, -0.05) is 43.0 Å². The molecule has 1 aromatic rings. The minimum Gasteiger partial charge on any atom is -0.481 e.